The lowest BCUT2D eigenvalue weighted by molar-refractivity contribution is 0.614. The molecule has 0 amide bonds. The number of allylic oxidation sites excluding steroid dienone is 3. The van der Waals surface area contributed by atoms with Crippen molar-refractivity contribution in [3.8, 4) is 0 Å². The van der Waals surface area contributed by atoms with Gasteiger partial charge in [-0.15, -0.1) is 11.3 Å². The van der Waals surface area contributed by atoms with Crippen LogP contribution in [0.4, 0.5) is 0 Å². The highest BCUT2D eigenvalue weighted by Gasteiger charge is 2.10. The molecule has 1 heterocycles. The van der Waals surface area contributed by atoms with E-state index in [1.165, 1.54) is 33.4 Å². The Hall–Kier alpha value is -2.47. The zero-order valence-electron chi connectivity index (χ0n) is 19.9. The Morgan fingerprint density at radius 1 is 1.28 bits per heavy atom. The first-order chi connectivity index (χ1) is 15.5. The lowest BCUT2D eigenvalue weighted by Gasteiger charge is -2.18. The van der Waals surface area contributed by atoms with Gasteiger partial charge in [-0.3, -0.25) is 0 Å². The summed E-state index contributed by atoms with van der Waals surface area (Å²) >= 11 is 1.79. The molecular formula is C27H38N4S. The fourth-order valence-electron chi connectivity index (χ4n) is 3.64. The van der Waals surface area contributed by atoms with E-state index in [2.05, 4.69) is 79.3 Å². The van der Waals surface area contributed by atoms with Gasteiger partial charge in [-0.2, -0.15) is 0 Å². The molecule has 2 rings (SSSR count). The molecule has 5 N–H and O–H groups in total. The molecule has 32 heavy (non-hydrogen) atoms. The van der Waals surface area contributed by atoms with Gasteiger partial charge in [0.2, 0.25) is 0 Å². The van der Waals surface area contributed by atoms with Crippen LogP contribution in [0.3, 0.4) is 0 Å². The Morgan fingerprint density at radius 2 is 2.09 bits per heavy atom. The predicted molar refractivity (Wildman–Crippen MR) is 141 cm³/mol. The maximum atomic E-state index is 7.81. The van der Waals surface area contributed by atoms with Crippen molar-refractivity contribution in [2.75, 3.05) is 13.6 Å². The molecule has 5 heteroatoms. The summed E-state index contributed by atoms with van der Waals surface area (Å²) in [5.41, 5.74) is 13.0. The van der Waals surface area contributed by atoms with Gasteiger partial charge in [-0.1, -0.05) is 43.3 Å². The normalized spacial score (nSPS) is 13.8. The van der Waals surface area contributed by atoms with Crippen LogP contribution < -0.4 is 16.4 Å². The van der Waals surface area contributed by atoms with Crippen LogP contribution in [0, 0.1) is 12.3 Å². The lowest BCUT2D eigenvalue weighted by atomic mass is 9.97. The Balaban J connectivity index is 2.19. The minimum Gasteiger partial charge on any atom is -0.393 e. The smallest absolute Gasteiger partial charge is 0.0288 e. The van der Waals surface area contributed by atoms with Crippen LogP contribution in [0.25, 0.3) is 0 Å². The molecule has 2 aromatic rings. The molecule has 0 saturated heterocycles. The number of benzene rings is 1. The van der Waals surface area contributed by atoms with E-state index in [9.17, 15) is 0 Å². The molecule has 1 aromatic carbocycles. The van der Waals surface area contributed by atoms with Gasteiger partial charge < -0.3 is 21.8 Å². The Labute approximate surface area is 197 Å². The summed E-state index contributed by atoms with van der Waals surface area (Å²) < 4.78 is 0. The molecule has 0 radical (unpaired) electrons. The summed E-state index contributed by atoms with van der Waals surface area (Å²) in [4.78, 5) is 1.36. The number of hydrogen-bond donors (Lipinski definition) is 4. The molecule has 0 fully saturated rings. The highest BCUT2D eigenvalue weighted by Crippen LogP contribution is 2.19. The van der Waals surface area contributed by atoms with Crippen LogP contribution in [0.2, 0.25) is 0 Å². The maximum Gasteiger partial charge on any atom is 0.0288 e. The largest absolute Gasteiger partial charge is 0.393 e. The van der Waals surface area contributed by atoms with Crippen molar-refractivity contribution in [1.82, 2.24) is 10.6 Å². The number of nitrogens with one attached hydrogen (secondary N) is 3. The molecule has 1 unspecified atom stereocenters. The molecule has 4 nitrogen and oxygen atoms in total. The van der Waals surface area contributed by atoms with Gasteiger partial charge in [0.05, 0.1) is 0 Å². The average Bonchev–Trinajstić information content (AvgIpc) is 3.33. The first-order valence-electron chi connectivity index (χ1n) is 11.3. The average molecular weight is 451 g/mol. The van der Waals surface area contributed by atoms with Crippen molar-refractivity contribution in [1.29, 1.82) is 5.41 Å². The minimum atomic E-state index is 0.205. The first kappa shape index (κ1) is 25.8. The van der Waals surface area contributed by atoms with E-state index in [0.29, 0.717) is 6.54 Å². The summed E-state index contributed by atoms with van der Waals surface area (Å²) in [6, 6.07) is 11.0. The number of hydrogen-bond acceptors (Lipinski definition) is 5. The number of thiophene rings is 1. The Morgan fingerprint density at radius 3 is 2.72 bits per heavy atom. The fraction of sp³-hybridized carbons (Fsp3) is 0.370. The fourth-order valence-corrected chi connectivity index (χ4v) is 4.31. The van der Waals surface area contributed by atoms with Crippen molar-refractivity contribution in [2.24, 2.45) is 5.73 Å². The van der Waals surface area contributed by atoms with Crippen molar-refractivity contribution < 1.29 is 0 Å². The van der Waals surface area contributed by atoms with Crippen LogP contribution in [-0.4, -0.2) is 25.8 Å². The van der Waals surface area contributed by atoms with E-state index >= 15 is 0 Å². The highest BCUT2D eigenvalue weighted by atomic mass is 32.1. The second-order valence-corrected chi connectivity index (χ2v) is 8.97. The topological polar surface area (TPSA) is 73.9 Å². The molecule has 0 aliphatic carbocycles. The molecule has 0 saturated carbocycles. The van der Waals surface area contributed by atoms with Crippen molar-refractivity contribution in [3.05, 3.63) is 92.4 Å². The Bertz CT molecular complexity index is 939. The van der Waals surface area contributed by atoms with Crippen LogP contribution in [-0.2, 0) is 19.4 Å². The number of rotatable bonds is 13. The molecule has 0 spiro atoms. The third-order valence-electron chi connectivity index (χ3n) is 5.66. The summed E-state index contributed by atoms with van der Waals surface area (Å²) in [6.45, 7) is 7.99. The highest BCUT2D eigenvalue weighted by molar-refractivity contribution is 7.09. The number of aryl methyl sites for hydroxylation is 1. The van der Waals surface area contributed by atoms with Crippen molar-refractivity contribution in [3.63, 3.8) is 0 Å². The first-order valence-corrected chi connectivity index (χ1v) is 12.2. The summed E-state index contributed by atoms with van der Waals surface area (Å²) in [6.07, 6.45) is 10.6. The van der Waals surface area contributed by atoms with Gasteiger partial charge in [0, 0.05) is 48.9 Å². The van der Waals surface area contributed by atoms with Gasteiger partial charge in [0.25, 0.3) is 0 Å². The van der Waals surface area contributed by atoms with E-state index in [4.69, 9.17) is 11.1 Å². The van der Waals surface area contributed by atoms with Crippen LogP contribution in [0.15, 0.2) is 70.8 Å². The van der Waals surface area contributed by atoms with E-state index in [0.717, 1.165) is 37.0 Å². The van der Waals surface area contributed by atoms with Crippen LogP contribution >= 0.6 is 11.3 Å². The van der Waals surface area contributed by atoms with Crippen LogP contribution in [0.1, 0.15) is 41.8 Å². The van der Waals surface area contributed by atoms with Crippen molar-refractivity contribution in [2.45, 2.75) is 52.6 Å². The summed E-state index contributed by atoms with van der Waals surface area (Å²) in [5.74, 6) is 0. The van der Waals surface area contributed by atoms with E-state index in [1.807, 2.05) is 13.2 Å². The predicted octanol–water partition coefficient (Wildman–Crippen LogP) is 5.29. The van der Waals surface area contributed by atoms with Gasteiger partial charge in [0.15, 0.2) is 0 Å². The van der Waals surface area contributed by atoms with E-state index in [1.54, 1.807) is 11.3 Å². The second kappa shape index (κ2) is 13.8. The van der Waals surface area contributed by atoms with Crippen LogP contribution in [0.5, 0.6) is 0 Å². The minimum absolute atomic E-state index is 0.205. The molecule has 1 aromatic heterocycles. The molecule has 0 aliphatic rings. The Kier molecular flexibility index (Phi) is 11.2. The van der Waals surface area contributed by atoms with E-state index < -0.39 is 0 Å². The van der Waals surface area contributed by atoms with Gasteiger partial charge in [-0.25, -0.2) is 0 Å². The standard InChI is InChI=1S/C27H38N4S/c1-5-23(26(18-29)19-30-4)16-25(10-11-27-7-6-14-32-27)21(3)31-13-12-24-15-22(17-28)9-8-20(24)2/h6-10,14-16,18-19,21,29-31H,5,11-13,17,28H2,1-4H3/b23-16+,25-10+,26-19+,29-18?. The van der Waals surface area contributed by atoms with Gasteiger partial charge in [-0.05, 0) is 72.5 Å². The van der Waals surface area contributed by atoms with E-state index in [-0.39, 0.29) is 6.04 Å². The number of nitrogens with two attached hydrogens (primary N) is 1. The molecular weight excluding hydrogens is 412 g/mol. The maximum absolute atomic E-state index is 7.81. The quantitative estimate of drug-likeness (QED) is 0.247. The summed E-state index contributed by atoms with van der Waals surface area (Å²) in [5, 5.41) is 16.7. The third-order valence-corrected chi connectivity index (χ3v) is 6.56. The summed E-state index contributed by atoms with van der Waals surface area (Å²) in [7, 11) is 1.87. The zero-order chi connectivity index (χ0) is 23.3. The molecule has 1 atom stereocenters. The molecule has 0 aliphatic heterocycles. The monoisotopic (exact) mass is 450 g/mol. The van der Waals surface area contributed by atoms with Gasteiger partial charge >= 0.3 is 0 Å². The molecule has 172 valence electrons. The zero-order valence-corrected chi connectivity index (χ0v) is 20.7. The third kappa shape index (κ3) is 7.90. The van der Waals surface area contributed by atoms with Crippen molar-refractivity contribution >= 4 is 17.6 Å². The lowest BCUT2D eigenvalue weighted by Crippen LogP contribution is -2.30. The molecule has 0 bridgehead atoms. The SMILES string of the molecule is CCC(=C\C(=C/Cc1cccs1)C(C)NCCc1cc(CN)ccc1C)/C(C=N)=C/NC. The van der Waals surface area contributed by atoms with Gasteiger partial charge in [0.1, 0.15) is 0 Å². The second-order valence-electron chi connectivity index (χ2n) is 7.93.